The van der Waals surface area contributed by atoms with Crippen LogP contribution in [0.3, 0.4) is 0 Å². The molecular formula is C25H17ClF3N3O2. The summed E-state index contributed by atoms with van der Waals surface area (Å²) in [6.07, 6.45) is -4.71. The lowest BCUT2D eigenvalue weighted by molar-refractivity contribution is -0.137. The fourth-order valence-corrected chi connectivity index (χ4v) is 3.77. The molecule has 0 atom stereocenters. The van der Waals surface area contributed by atoms with E-state index in [-0.39, 0.29) is 16.8 Å². The van der Waals surface area contributed by atoms with E-state index < -0.39 is 28.2 Å². The van der Waals surface area contributed by atoms with Crippen molar-refractivity contribution in [1.29, 1.82) is 0 Å². The molecule has 1 amide bonds. The predicted octanol–water partition coefficient (Wildman–Crippen LogP) is 6.04. The van der Waals surface area contributed by atoms with Crippen molar-refractivity contribution >= 4 is 23.2 Å². The zero-order valence-corrected chi connectivity index (χ0v) is 18.5. The van der Waals surface area contributed by atoms with Crippen molar-refractivity contribution in [2.45, 2.75) is 6.18 Å². The quantitative estimate of drug-likeness (QED) is 0.385. The van der Waals surface area contributed by atoms with E-state index in [4.69, 9.17) is 11.6 Å². The summed E-state index contributed by atoms with van der Waals surface area (Å²) in [4.78, 5) is 26.4. The Labute approximate surface area is 197 Å². The minimum absolute atomic E-state index is 0.152. The summed E-state index contributed by atoms with van der Waals surface area (Å²) in [5.74, 6) is -0.866. The minimum Gasteiger partial charge on any atom is -0.322 e. The Hall–Kier alpha value is -3.91. The van der Waals surface area contributed by atoms with Crippen LogP contribution in [0.15, 0.2) is 83.7 Å². The van der Waals surface area contributed by atoms with E-state index in [2.05, 4.69) is 10.4 Å². The van der Waals surface area contributed by atoms with Gasteiger partial charge in [-0.15, -0.1) is 0 Å². The van der Waals surface area contributed by atoms with Gasteiger partial charge in [0.25, 0.3) is 11.5 Å². The molecule has 9 heteroatoms. The van der Waals surface area contributed by atoms with Crippen LogP contribution >= 0.6 is 11.6 Å². The maximum atomic E-state index is 13.3. The molecule has 3 aromatic carbocycles. The molecule has 172 valence electrons. The second kappa shape index (κ2) is 9.15. The number of carbonyl (C=O) groups excluding carboxylic acids is 1. The molecule has 1 N–H and O–H groups in total. The van der Waals surface area contributed by atoms with Crippen molar-refractivity contribution in [2.75, 3.05) is 5.32 Å². The minimum atomic E-state index is -4.71. The molecule has 0 radical (unpaired) electrons. The van der Waals surface area contributed by atoms with E-state index in [9.17, 15) is 22.8 Å². The van der Waals surface area contributed by atoms with E-state index in [0.29, 0.717) is 16.8 Å². The number of alkyl halides is 3. The first-order valence-electron chi connectivity index (χ1n) is 10.1. The highest BCUT2D eigenvalue weighted by atomic mass is 35.5. The third-order valence-corrected chi connectivity index (χ3v) is 5.44. The summed E-state index contributed by atoms with van der Waals surface area (Å²) < 4.78 is 40.9. The number of nitrogens with one attached hydrogen (secondary N) is 1. The largest absolute Gasteiger partial charge is 0.417 e. The first-order chi connectivity index (χ1) is 16.2. The second-order valence-corrected chi connectivity index (χ2v) is 7.81. The van der Waals surface area contributed by atoms with Gasteiger partial charge >= 0.3 is 6.18 Å². The first-order valence-corrected chi connectivity index (χ1v) is 10.4. The van der Waals surface area contributed by atoms with Crippen molar-refractivity contribution < 1.29 is 18.0 Å². The number of halogens is 4. The molecule has 0 aliphatic carbocycles. The van der Waals surface area contributed by atoms with E-state index in [1.54, 1.807) is 54.6 Å². The number of amides is 1. The first kappa shape index (κ1) is 23.3. The van der Waals surface area contributed by atoms with Crippen LogP contribution in [0, 0.1) is 0 Å². The summed E-state index contributed by atoms with van der Waals surface area (Å²) in [7, 11) is 1.41. The molecule has 0 fully saturated rings. The number of anilines is 1. The molecule has 4 rings (SSSR count). The van der Waals surface area contributed by atoms with Crippen LogP contribution < -0.4 is 10.9 Å². The van der Waals surface area contributed by atoms with Crippen LogP contribution in [0.5, 0.6) is 0 Å². The van der Waals surface area contributed by atoms with Gasteiger partial charge in [0.05, 0.1) is 16.3 Å². The number of hydrogen-bond donors (Lipinski definition) is 1. The monoisotopic (exact) mass is 483 g/mol. The highest BCUT2D eigenvalue weighted by molar-refractivity contribution is 6.31. The third kappa shape index (κ3) is 4.58. The average molecular weight is 484 g/mol. The number of nitrogens with zero attached hydrogens (tertiary/aromatic N) is 2. The van der Waals surface area contributed by atoms with Crippen LogP contribution in [0.2, 0.25) is 5.02 Å². The van der Waals surface area contributed by atoms with Gasteiger partial charge in [0.15, 0.2) is 0 Å². The predicted molar refractivity (Wildman–Crippen MR) is 125 cm³/mol. The van der Waals surface area contributed by atoms with Crippen LogP contribution in [-0.2, 0) is 13.2 Å². The van der Waals surface area contributed by atoms with E-state index in [1.807, 2.05) is 6.07 Å². The van der Waals surface area contributed by atoms with Gasteiger partial charge in [-0.25, -0.2) is 4.68 Å². The average Bonchev–Trinajstić information content (AvgIpc) is 2.82. The molecule has 1 aromatic heterocycles. The highest BCUT2D eigenvalue weighted by Crippen LogP contribution is 2.37. The summed E-state index contributed by atoms with van der Waals surface area (Å²) in [6.45, 7) is 0. The SMILES string of the molecule is Cn1nc(-c2ccccc2)c(-c2ccccc2)c(C(=O)Nc2ccc(Cl)c(C(F)(F)F)c2)c1=O. The number of carbonyl (C=O) groups is 1. The van der Waals surface area contributed by atoms with Crippen LogP contribution in [-0.4, -0.2) is 15.7 Å². The van der Waals surface area contributed by atoms with Gasteiger partial charge in [0.2, 0.25) is 0 Å². The highest BCUT2D eigenvalue weighted by Gasteiger charge is 2.33. The summed E-state index contributed by atoms with van der Waals surface area (Å²) in [5, 5.41) is 6.30. The van der Waals surface area contributed by atoms with Gasteiger partial charge in [-0.1, -0.05) is 72.3 Å². The number of benzene rings is 3. The molecule has 0 spiro atoms. The summed E-state index contributed by atoms with van der Waals surface area (Å²) in [5.41, 5.74) is -0.306. The molecule has 0 aliphatic heterocycles. The molecule has 0 saturated carbocycles. The number of rotatable bonds is 4. The zero-order valence-electron chi connectivity index (χ0n) is 17.7. The molecule has 34 heavy (non-hydrogen) atoms. The molecule has 0 aliphatic rings. The Balaban J connectivity index is 1.91. The van der Waals surface area contributed by atoms with E-state index in [1.165, 1.54) is 13.1 Å². The summed E-state index contributed by atoms with van der Waals surface area (Å²) in [6, 6.07) is 20.7. The van der Waals surface area contributed by atoms with Gasteiger partial charge in [0.1, 0.15) is 5.56 Å². The molecule has 0 saturated heterocycles. The molecule has 0 bridgehead atoms. The molecular weight excluding hydrogens is 467 g/mol. The molecule has 0 unspecified atom stereocenters. The zero-order chi connectivity index (χ0) is 24.5. The summed E-state index contributed by atoms with van der Waals surface area (Å²) >= 11 is 5.68. The van der Waals surface area contributed by atoms with Gasteiger partial charge in [-0.3, -0.25) is 9.59 Å². The topological polar surface area (TPSA) is 64.0 Å². The smallest absolute Gasteiger partial charge is 0.322 e. The molecule has 4 aromatic rings. The number of aryl methyl sites for hydroxylation is 1. The maximum Gasteiger partial charge on any atom is 0.417 e. The van der Waals surface area contributed by atoms with Crippen molar-refractivity contribution in [1.82, 2.24) is 9.78 Å². The van der Waals surface area contributed by atoms with Crippen molar-refractivity contribution in [3.63, 3.8) is 0 Å². The van der Waals surface area contributed by atoms with Gasteiger partial charge in [-0.2, -0.15) is 18.3 Å². The Bertz CT molecular complexity index is 1420. The molecule has 1 heterocycles. The normalized spacial score (nSPS) is 11.3. The lowest BCUT2D eigenvalue weighted by Crippen LogP contribution is -2.31. The Morgan fingerprint density at radius 3 is 2.12 bits per heavy atom. The van der Waals surface area contributed by atoms with Crippen LogP contribution in [0.4, 0.5) is 18.9 Å². The fraction of sp³-hybridized carbons (Fsp3) is 0.0800. The van der Waals surface area contributed by atoms with Gasteiger partial charge in [0, 0.05) is 23.9 Å². The van der Waals surface area contributed by atoms with Crippen molar-refractivity contribution in [3.8, 4) is 22.4 Å². The Morgan fingerprint density at radius 1 is 0.941 bits per heavy atom. The van der Waals surface area contributed by atoms with E-state index in [0.717, 1.165) is 16.8 Å². The second-order valence-electron chi connectivity index (χ2n) is 7.41. The number of hydrogen-bond acceptors (Lipinski definition) is 3. The maximum absolute atomic E-state index is 13.3. The van der Waals surface area contributed by atoms with Crippen molar-refractivity contribution in [2.24, 2.45) is 7.05 Å². The third-order valence-electron chi connectivity index (χ3n) is 5.11. The Morgan fingerprint density at radius 2 is 1.53 bits per heavy atom. The lowest BCUT2D eigenvalue weighted by Gasteiger charge is -2.16. The standard InChI is InChI=1S/C25H17ClF3N3O2/c1-32-24(34)21(23(33)30-17-12-13-19(26)18(14-17)25(27,28)29)20(15-8-4-2-5-9-15)22(31-32)16-10-6-3-7-11-16/h2-14H,1H3,(H,30,33). The Kier molecular flexibility index (Phi) is 6.26. The van der Waals surface area contributed by atoms with Crippen LogP contribution in [0.1, 0.15) is 15.9 Å². The number of aromatic nitrogens is 2. The van der Waals surface area contributed by atoms with Gasteiger partial charge in [-0.05, 0) is 23.8 Å². The fourth-order valence-electron chi connectivity index (χ4n) is 3.54. The van der Waals surface area contributed by atoms with Gasteiger partial charge < -0.3 is 5.32 Å². The lowest BCUT2D eigenvalue weighted by atomic mass is 9.95. The molecule has 5 nitrogen and oxygen atoms in total. The van der Waals surface area contributed by atoms with Crippen LogP contribution in [0.25, 0.3) is 22.4 Å². The van der Waals surface area contributed by atoms with Crippen molar-refractivity contribution in [3.05, 3.63) is 105 Å². The van der Waals surface area contributed by atoms with E-state index >= 15 is 0 Å².